The molecule has 1 saturated heterocycles. The van der Waals surface area contributed by atoms with Gasteiger partial charge >= 0.3 is 0 Å². The van der Waals surface area contributed by atoms with E-state index in [0.29, 0.717) is 5.69 Å². The Morgan fingerprint density at radius 1 is 1.32 bits per heavy atom. The van der Waals surface area contributed by atoms with Gasteiger partial charge in [-0.2, -0.15) is 5.10 Å². The van der Waals surface area contributed by atoms with Crippen molar-refractivity contribution in [2.75, 3.05) is 39.3 Å². The Hall–Kier alpha value is -1.40. The number of amides is 1. The Morgan fingerprint density at radius 2 is 2.05 bits per heavy atom. The van der Waals surface area contributed by atoms with Crippen LogP contribution in [0.15, 0.2) is 12.3 Å². The average molecular weight is 265 g/mol. The van der Waals surface area contributed by atoms with Crippen LogP contribution in [-0.4, -0.2) is 64.8 Å². The van der Waals surface area contributed by atoms with Crippen molar-refractivity contribution < 1.29 is 4.79 Å². The Bertz CT molecular complexity index is 409. The number of aromatic nitrogens is 2. The number of hydrogen-bond donors (Lipinski definition) is 1. The SMILES string of the molecule is Cn1ccc(C(=O)N2CCN(CCCCN)CC2)n1. The number of hydrogen-bond acceptors (Lipinski definition) is 4. The number of nitrogens with two attached hydrogens (primary N) is 1. The van der Waals surface area contributed by atoms with E-state index in [0.717, 1.165) is 52.1 Å². The molecule has 0 spiro atoms. The summed E-state index contributed by atoms with van der Waals surface area (Å²) in [5.74, 6) is 0.0437. The summed E-state index contributed by atoms with van der Waals surface area (Å²) >= 11 is 0. The lowest BCUT2D eigenvalue weighted by molar-refractivity contribution is 0.0629. The summed E-state index contributed by atoms with van der Waals surface area (Å²) in [5, 5.41) is 4.16. The molecule has 0 unspecified atom stereocenters. The van der Waals surface area contributed by atoms with Crippen LogP contribution in [-0.2, 0) is 7.05 Å². The van der Waals surface area contributed by atoms with Crippen molar-refractivity contribution in [2.24, 2.45) is 12.8 Å². The predicted molar refractivity (Wildman–Crippen MR) is 73.8 cm³/mol. The fourth-order valence-corrected chi connectivity index (χ4v) is 2.35. The van der Waals surface area contributed by atoms with Gasteiger partial charge in [-0.3, -0.25) is 14.4 Å². The van der Waals surface area contributed by atoms with E-state index in [1.54, 1.807) is 16.9 Å². The molecule has 0 aliphatic carbocycles. The molecule has 19 heavy (non-hydrogen) atoms. The molecule has 1 fully saturated rings. The lowest BCUT2D eigenvalue weighted by Gasteiger charge is -2.34. The molecule has 1 aliphatic rings. The molecule has 0 aromatic carbocycles. The zero-order valence-electron chi connectivity index (χ0n) is 11.6. The lowest BCUT2D eigenvalue weighted by atomic mass is 10.2. The van der Waals surface area contributed by atoms with Gasteiger partial charge in [-0.15, -0.1) is 0 Å². The molecule has 0 saturated carbocycles. The van der Waals surface area contributed by atoms with Crippen molar-refractivity contribution in [2.45, 2.75) is 12.8 Å². The Balaban J connectivity index is 1.78. The Kier molecular flexibility index (Phi) is 4.93. The summed E-state index contributed by atoms with van der Waals surface area (Å²) < 4.78 is 1.66. The molecule has 6 heteroatoms. The average Bonchev–Trinajstić information content (AvgIpc) is 2.86. The number of carbonyl (C=O) groups excluding carboxylic acids is 1. The zero-order valence-corrected chi connectivity index (χ0v) is 11.6. The van der Waals surface area contributed by atoms with Gasteiger partial charge in [0.1, 0.15) is 5.69 Å². The maximum Gasteiger partial charge on any atom is 0.274 e. The zero-order chi connectivity index (χ0) is 13.7. The normalized spacial score (nSPS) is 16.8. The molecule has 2 heterocycles. The second-order valence-electron chi connectivity index (χ2n) is 5.00. The first-order chi connectivity index (χ1) is 9.20. The molecule has 0 atom stereocenters. The van der Waals surface area contributed by atoms with Gasteiger partial charge in [0.15, 0.2) is 0 Å². The van der Waals surface area contributed by atoms with E-state index in [1.807, 2.05) is 11.9 Å². The van der Waals surface area contributed by atoms with E-state index in [1.165, 1.54) is 0 Å². The van der Waals surface area contributed by atoms with Crippen LogP contribution >= 0.6 is 0 Å². The van der Waals surface area contributed by atoms with Crippen LogP contribution in [0.5, 0.6) is 0 Å². The molecule has 106 valence electrons. The van der Waals surface area contributed by atoms with Crippen molar-refractivity contribution in [3.63, 3.8) is 0 Å². The molecule has 1 aliphatic heterocycles. The van der Waals surface area contributed by atoms with Gasteiger partial charge in [0.25, 0.3) is 5.91 Å². The number of piperazine rings is 1. The van der Waals surface area contributed by atoms with E-state index in [4.69, 9.17) is 5.73 Å². The van der Waals surface area contributed by atoms with Crippen molar-refractivity contribution in [1.82, 2.24) is 19.6 Å². The lowest BCUT2D eigenvalue weighted by Crippen LogP contribution is -2.49. The van der Waals surface area contributed by atoms with E-state index in [-0.39, 0.29) is 5.91 Å². The number of unbranched alkanes of at least 4 members (excludes halogenated alkanes) is 1. The van der Waals surface area contributed by atoms with Crippen LogP contribution in [0.2, 0.25) is 0 Å². The third kappa shape index (κ3) is 3.78. The quantitative estimate of drug-likeness (QED) is 0.756. The van der Waals surface area contributed by atoms with Gasteiger partial charge in [0, 0.05) is 39.4 Å². The maximum absolute atomic E-state index is 12.2. The molecular weight excluding hydrogens is 242 g/mol. The number of aryl methyl sites for hydroxylation is 1. The van der Waals surface area contributed by atoms with Crippen LogP contribution in [0, 0.1) is 0 Å². The highest BCUT2D eigenvalue weighted by molar-refractivity contribution is 5.92. The maximum atomic E-state index is 12.2. The summed E-state index contributed by atoms with van der Waals surface area (Å²) in [6.07, 6.45) is 4.02. The van der Waals surface area contributed by atoms with Crippen molar-refractivity contribution in [3.05, 3.63) is 18.0 Å². The van der Waals surface area contributed by atoms with Gasteiger partial charge in [0.2, 0.25) is 0 Å². The van der Waals surface area contributed by atoms with Gasteiger partial charge in [-0.25, -0.2) is 0 Å². The summed E-state index contributed by atoms with van der Waals surface area (Å²) in [6.45, 7) is 5.32. The van der Waals surface area contributed by atoms with Crippen LogP contribution < -0.4 is 5.73 Å². The van der Waals surface area contributed by atoms with Crippen LogP contribution in [0.4, 0.5) is 0 Å². The highest BCUT2D eigenvalue weighted by Gasteiger charge is 2.22. The fourth-order valence-electron chi connectivity index (χ4n) is 2.35. The Morgan fingerprint density at radius 3 is 2.63 bits per heavy atom. The van der Waals surface area contributed by atoms with Crippen molar-refractivity contribution in [3.8, 4) is 0 Å². The molecule has 0 bridgehead atoms. The monoisotopic (exact) mass is 265 g/mol. The number of rotatable bonds is 5. The van der Waals surface area contributed by atoms with Crippen molar-refractivity contribution in [1.29, 1.82) is 0 Å². The van der Waals surface area contributed by atoms with E-state index in [9.17, 15) is 4.79 Å². The third-order valence-electron chi connectivity index (χ3n) is 3.52. The molecule has 2 rings (SSSR count). The van der Waals surface area contributed by atoms with Gasteiger partial charge in [-0.05, 0) is 32.0 Å². The van der Waals surface area contributed by atoms with Gasteiger partial charge < -0.3 is 10.6 Å². The molecule has 1 aromatic heterocycles. The molecule has 1 amide bonds. The van der Waals surface area contributed by atoms with Gasteiger partial charge in [-0.1, -0.05) is 0 Å². The second-order valence-corrected chi connectivity index (χ2v) is 5.00. The minimum absolute atomic E-state index is 0.0437. The number of carbonyl (C=O) groups is 1. The summed E-state index contributed by atoms with van der Waals surface area (Å²) in [7, 11) is 1.83. The summed E-state index contributed by atoms with van der Waals surface area (Å²) in [6, 6.07) is 1.77. The van der Waals surface area contributed by atoms with Crippen LogP contribution in [0.25, 0.3) is 0 Å². The van der Waals surface area contributed by atoms with E-state index >= 15 is 0 Å². The summed E-state index contributed by atoms with van der Waals surface area (Å²) in [5.41, 5.74) is 6.03. The van der Waals surface area contributed by atoms with Crippen LogP contribution in [0.3, 0.4) is 0 Å². The molecule has 2 N–H and O–H groups in total. The topological polar surface area (TPSA) is 67.4 Å². The first-order valence-electron chi connectivity index (χ1n) is 6.92. The molecular formula is C13H23N5O. The predicted octanol–water partition coefficient (Wildman–Crippen LogP) is -0.0832. The molecule has 6 nitrogen and oxygen atoms in total. The fraction of sp³-hybridized carbons (Fsp3) is 0.692. The van der Waals surface area contributed by atoms with Crippen molar-refractivity contribution >= 4 is 5.91 Å². The Labute approximate surface area is 114 Å². The largest absolute Gasteiger partial charge is 0.335 e. The highest BCUT2D eigenvalue weighted by atomic mass is 16.2. The minimum atomic E-state index is 0.0437. The standard InChI is InChI=1S/C13H23N5O/c1-16-7-4-12(15-16)13(19)18-10-8-17(9-11-18)6-3-2-5-14/h4,7H,2-3,5-6,8-11,14H2,1H3. The summed E-state index contributed by atoms with van der Waals surface area (Å²) in [4.78, 5) is 16.5. The third-order valence-corrected chi connectivity index (χ3v) is 3.52. The second kappa shape index (κ2) is 6.68. The first-order valence-corrected chi connectivity index (χ1v) is 6.92. The van der Waals surface area contributed by atoms with E-state index < -0.39 is 0 Å². The molecule has 0 radical (unpaired) electrons. The first kappa shape index (κ1) is 14.0. The highest BCUT2D eigenvalue weighted by Crippen LogP contribution is 2.07. The van der Waals surface area contributed by atoms with Gasteiger partial charge in [0.05, 0.1) is 0 Å². The minimum Gasteiger partial charge on any atom is -0.335 e. The smallest absolute Gasteiger partial charge is 0.274 e. The van der Waals surface area contributed by atoms with Crippen LogP contribution in [0.1, 0.15) is 23.3 Å². The van der Waals surface area contributed by atoms with E-state index in [2.05, 4.69) is 10.00 Å². The molecule has 1 aromatic rings. The number of nitrogens with zero attached hydrogens (tertiary/aromatic N) is 4.